The molecule has 0 radical (unpaired) electrons. The lowest BCUT2D eigenvalue weighted by Crippen LogP contribution is -2.11. The monoisotopic (exact) mass is 181 g/mol. The van der Waals surface area contributed by atoms with Gasteiger partial charge in [0.1, 0.15) is 0 Å². The minimum Gasteiger partial charge on any atom is -0.408 e. The summed E-state index contributed by atoms with van der Waals surface area (Å²) in [6, 6.07) is 0.188. The lowest BCUT2D eigenvalue weighted by atomic mass is 9.82. The normalized spacial score (nSPS) is 29.0. The summed E-state index contributed by atoms with van der Waals surface area (Å²) in [6.45, 7) is 2.27. The summed E-state index contributed by atoms with van der Waals surface area (Å²) in [7, 11) is 0. The second-order valence-electron chi connectivity index (χ2n) is 3.95. The van der Waals surface area contributed by atoms with Crippen molar-refractivity contribution in [1.82, 2.24) is 10.2 Å². The number of nitrogens with two attached hydrogens (primary N) is 1. The SMILES string of the molecule is CC1CCCC(c2nnc(N)o2)C1. The summed E-state index contributed by atoms with van der Waals surface area (Å²) >= 11 is 0. The molecule has 1 aliphatic rings. The number of aromatic nitrogens is 2. The molecule has 0 aromatic carbocycles. The van der Waals surface area contributed by atoms with Crippen molar-refractivity contribution in [2.45, 2.75) is 38.5 Å². The zero-order valence-corrected chi connectivity index (χ0v) is 7.86. The van der Waals surface area contributed by atoms with Crippen LogP contribution in [0.15, 0.2) is 4.42 Å². The van der Waals surface area contributed by atoms with Gasteiger partial charge < -0.3 is 10.2 Å². The molecule has 1 aromatic heterocycles. The van der Waals surface area contributed by atoms with Gasteiger partial charge in [-0.15, -0.1) is 5.10 Å². The molecule has 1 heterocycles. The first kappa shape index (κ1) is 8.53. The number of anilines is 1. The van der Waals surface area contributed by atoms with Crippen LogP contribution in [0.5, 0.6) is 0 Å². The molecule has 2 atom stereocenters. The van der Waals surface area contributed by atoms with Gasteiger partial charge >= 0.3 is 6.01 Å². The second-order valence-corrected chi connectivity index (χ2v) is 3.95. The van der Waals surface area contributed by atoms with Gasteiger partial charge in [-0.2, -0.15) is 0 Å². The molecule has 0 spiro atoms. The molecule has 1 fully saturated rings. The van der Waals surface area contributed by atoms with Gasteiger partial charge in [0, 0.05) is 5.92 Å². The third kappa shape index (κ3) is 1.82. The number of hydrogen-bond donors (Lipinski definition) is 1. The standard InChI is InChI=1S/C9H15N3O/c1-6-3-2-4-7(5-6)8-11-12-9(10)13-8/h6-7H,2-5H2,1H3,(H2,10,12). The van der Waals surface area contributed by atoms with Gasteiger partial charge in [0.05, 0.1) is 0 Å². The van der Waals surface area contributed by atoms with E-state index in [2.05, 4.69) is 17.1 Å². The van der Waals surface area contributed by atoms with Crippen LogP contribution in [-0.2, 0) is 0 Å². The van der Waals surface area contributed by atoms with Gasteiger partial charge in [0.25, 0.3) is 0 Å². The Morgan fingerprint density at radius 2 is 2.23 bits per heavy atom. The second kappa shape index (κ2) is 3.36. The van der Waals surface area contributed by atoms with Crippen LogP contribution in [0.1, 0.15) is 44.4 Å². The minimum absolute atomic E-state index is 0.188. The molecule has 2 N–H and O–H groups in total. The van der Waals surface area contributed by atoms with E-state index in [1.165, 1.54) is 12.8 Å². The molecule has 1 aliphatic carbocycles. The van der Waals surface area contributed by atoms with E-state index in [0.29, 0.717) is 5.92 Å². The summed E-state index contributed by atoms with van der Waals surface area (Å²) < 4.78 is 5.23. The Labute approximate surface area is 77.5 Å². The van der Waals surface area contributed by atoms with Gasteiger partial charge in [0.15, 0.2) is 0 Å². The first-order chi connectivity index (χ1) is 6.25. The Kier molecular flexibility index (Phi) is 2.20. The molecule has 1 aromatic rings. The van der Waals surface area contributed by atoms with Crippen LogP contribution in [-0.4, -0.2) is 10.2 Å². The molecule has 2 unspecified atom stereocenters. The fourth-order valence-electron chi connectivity index (χ4n) is 2.07. The topological polar surface area (TPSA) is 64.9 Å². The number of rotatable bonds is 1. The Hall–Kier alpha value is -1.06. The van der Waals surface area contributed by atoms with E-state index < -0.39 is 0 Å². The van der Waals surface area contributed by atoms with Crippen LogP contribution < -0.4 is 5.73 Å². The fourth-order valence-corrected chi connectivity index (χ4v) is 2.07. The molecule has 4 heteroatoms. The Bertz CT molecular complexity index is 284. The van der Waals surface area contributed by atoms with Crippen molar-refractivity contribution in [2.75, 3.05) is 5.73 Å². The van der Waals surface area contributed by atoms with Gasteiger partial charge in [-0.3, -0.25) is 0 Å². The maximum absolute atomic E-state index is 5.38. The van der Waals surface area contributed by atoms with Crippen LogP contribution in [0, 0.1) is 5.92 Å². The highest BCUT2D eigenvalue weighted by atomic mass is 16.4. The summed E-state index contributed by atoms with van der Waals surface area (Å²) in [5.74, 6) is 1.93. The largest absolute Gasteiger partial charge is 0.408 e. The van der Waals surface area contributed by atoms with Crippen molar-refractivity contribution in [2.24, 2.45) is 5.92 Å². The van der Waals surface area contributed by atoms with Crippen LogP contribution >= 0.6 is 0 Å². The highest BCUT2D eigenvalue weighted by molar-refractivity contribution is 5.07. The fraction of sp³-hybridized carbons (Fsp3) is 0.778. The van der Waals surface area contributed by atoms with E-state index in [1.54, 1.807) is 0 Å². The average Bonchev–Trinajstić information content (AvgIpc) is 2.52. The minimum atomic E-state index is 0.188. The van der Waals surface area contributed by atoms with Crippen LogP contribution in [0.2, 0.25) is 0 Å². The van der Waals surface area contributed by atoms with E-state index in [4.69, 9.17) is 10.2 Å². The van der Waals surface area contributed by atoms with Crippen molar-refractivity contribution in [3.63, 3.8) is 0 Å². The highest BCUT2D eigenvalue weighted by Gasteiger charge is 2.24. The maximum Gasteiger partial charge on any atom is 0.312 e. The van der Waals surface area contributed by atoms with Gasteiger partial charge in [-0.25, -0.2) is 0 Å². The molecule has 4 nitrogen and oxygen atoms in total. The Morgan fingerprint density at radius 1 is 1.38 bits per heavy atom. The summed E-state index contributed by atoms with van der Waals surface area (Å²) in [5.41, 5.74) is 5.38. The number of hydrogen-bond acceptors (Lipinski definition) is 4. The van der Waals surface area contributed by atoms with Crippen LogP contribution in [0.4, 0.5) is 6.01 Å². The molecule has 0 bridgehead atoms. The van der Waals surface area contributed by atoms with Crippen LogP contribution in [0.3, 0.4) is 0 Å². The Balaban J connectivity index is 2.08. The smallest absolute Gasteiger partial charge is 0.312 e. The summed E-state index contributed by atoms with van der Waals surface area (Å²) in [4.78, 5) is 0. The molecule has 1 saturated carbocycles. The van der Waals surface area contributed by atoms with E-state index in [0.717, 1.165) is 24.7 Å². The van der Waals surface area contributed by atoms with E-state index in [-0.39, 0.29) is 6.01 Å². The van der Waals surface area contributed by atoms with E-state index in [9.17, 15) is 0 Å². The quantitative estimate of drug-likeness (QED) is 0.719. The zero-order valence-electron chi connectivity index (χ0n) is 7.86. The first-order valence-electron chi connectivity index (χ1n) is 4.84. The molecule has 0 aliphatic heterocycles. The van der Waals surface area contributed by atoms with Crippen LogP contribution in [0.25, 0.3) is 0 Å². The molecule has 13 heavy (non-hydrogen) atoms. The molecule has 2 rings (SSSR count). The lowest BCUT2D eigenvalue weighted by Gasteiger charge is -2.23. The number of nitrogens with zero attached hydrogens (tertiary/aromatic N) is 2. The summed E-state index contributed by atoms with van der Waals surface area (Å²) in [5, 5.41) is 7.61. The van der Waals surface area contributed by atoms with Crippen molar-refractivity contribution in [3.8, 4) is 0 Å². The highest BCUT2D eigenvalue weighted by Crippen LogP contribution is 2.35. The molecular formula is C9H15N3O. The molecule has 72 valence electrons. The first-order valence-corrected chi connectivity index (χ1v) is 4.84. The van der Waals surface area contributed by atoms with Crippen molar-refractivity contribution >= 4 is 6.01 Å². The van der Waals surface area contributed by atoms with Gasteiger partial charge in [0.2, 0.25) is 5.89 Å². The maximum atomic E-state index is 5.38. The third-order valence-electron chi connectivity index (χ3n) is 2.74. The zero-order chi connectivity index (χ0) is 9.26. The predicted octanol–water partition coefficient (Wildman–Crippen LogP) is 1.95. The van der Waals surface area contributed by atoms with E-state index in [1.807, 2.05) is 0 Å². The average molecular weight is 181 g/mol. The Morgan fingerprint density at radius 3 is 2.85 bits per heavy atom. The van der Waals surface area contributed by atoms with Crippen molar-refractivity contribution < 1.29 is 4.42 Å². The molecular weight excluding hydrogens is 166 g/mol. The molecule has 0 saturated heterocycles. The van der Waals surface area contributed by atoms with Gasteiger partial charge in [-0.1, -0.05) is 24.9 Å². The number of nitrogen functional groups attached to an aromatic ring is 1. The third-order valence-corrected chi connectivity index (χ3v) is 2.74. The van der Waals surface area contributed by atoms with E-state index >= 15 is 0 Å². The summed E-state index contributed by atoms with van der Waals surface area (Å²) in [6.07, 6.45) is 4.89. The molecule has 0 amide bonds. The van der Waals surface area contributed by atoms with Crippen molar-refractivity contribution in [3.05, 3.63) is 5.89 Å². The predicted molar refractivity (Wildman–Crippen MR) is 49.1 cm³/mol. The van der Waals surface area contributed by atoms with Crippen molar-refractivity contribution in [1.29, 1.82) is 0 Å². The van der Waals surface area contributed by atoms with Gasteiger partial charge in [-0.05, 0) is 18.8 Å². The lowest BCUT2D eigenvalue weighted by molar-refractivity contribution is 0.304.